The molecule has 0 aliphatic rings. The first-order chi connectivity index (χ1) is 23.1. The zero-order valence-corrected chi connectivity index (χ0v) is 28.7. The van der Waals surface area contributed by atoms with Gasteiger partial charge in [-0.25, -0.2) is 8.42 Å². The molecule has 2 amide bonds. The van der Waals surface area contributed by atoms with Crippen LogP contribution < -0.4 is 28.6 Å². The smallest absolute Gasteiger partial charge is 0.265 e. The summed E-state index contributed by atoms with van der Waals surface area (Å²) >= 11 is 0. The maximum atomic E-state index is 14.6. The second-order valence-electron chi connectivity index (χ2n) is 10.9. The van der Waals surface area contributed by atoms with E-state index in [4.69, 9.17) is 18.9 Å². The highest BCUT2D eigenvalue weighted by molar-refractivity contribution is 7.92. The zero-order valence-electron chi connectivity index (χ0n) is 27.9. The monoisotopic (exact) mass is 675 g/mol. The van der Waals surface area contributed by atoms with E-state index in [1.807, 2.05) is 61.5 Å². The van der Waals surface area contributed by atoms with Crippen LogP contribution in [-0.4, -0.2) is 73.2 Å². The van der Waals surface area contributed by atoms with Gasteiger partial charge in [-0.2, -0.15) is 0 Å². The number of likely N-dealkylation sites (N-methyl/N-ethyl adjacent to an activating group) is 1. The molecule has 0 aliphatic carbocycles. The molecule has 0 bridgehead atoms. The number of hydrogen-bond acceptors (Lipinski definition) is 8. The molecular formula is C36H41N3O8S. The fraction of sp³-hybridized carbons (Fsp3) is 0.278. The normalized spacial score (nSPS) is 11.6. The molecular weight excluding hydrogens is 634 g/mol. The van der Waals surface area contributed by atoms with Crippen LogP contribution in [0.15, 0.2) is 95.9 Å². The molecule has 0 spiro atoms. The first kappa shape index (κ1) is 35.6. The number of aryl methyl sites for hydroxylation is 1. The Morgan fingerprint density at radius 3 is 2.00 bits per heavy atom. The summed E-state index contributed by atoms with van der Waals surface area (Å²) in [6.07, 6.45) is 0.197. The lowest BCUT2D eigenvalue weighted by molar-refractivity contribution is -0.139. The van der Waals surface area contributed by atoms with E-state index in [1.54, 1.807) is 12.1 Å². The summed E-state index contributed by atoms with van der Waals surface area (Å²) < 4.78 is 51.8. The lowest BCUT2D eigenvalue weighted by Gasteiger charge is -2.34. The molecule has 254 valence electrons. The molecule has 11 nitrogen and oxygen atoms in total. The molecule has 4 rings (SSSR count). The minimum Gasteiger partial charge on any atom is -0.497 e. The van der Waals surface area contributed by atoms with Crippen LogP contribution in [-0.2, 0) is 32.6 Å². The quantitative estimate of drug-likeness (QED) is 0.194. The van der Waals surface area contributed by atoms with Gasteiger partial charge in [0.05, 0.1) is 39.0 Å². The number of anilines is 1. The Labute approximate surface area is 282 Å². The zero-order chi connectivity index (χ0) is 34.8. The molecule has 0 aromatic heterocycles. The molecule has 4 aromatic rings. The number of hydrogen-bond donors (Lipinski definition) is 1. The largest absolute Gasteiger partial charge is 0.497 e. The standard InChI is InChI=1S/C36H41N3O8S/c1-25-12-14-27(15-13-25)23-38(31(36(41)37-2)20-26-10-8-7-9-11-26)35(40)24-39(30-21-28(44-3)16-18-32(30)45-4)48(42,43)29-17-19-33(46-5)34(22-29)47-6/h7-19,21-22,31H,20,23-24H2,1-6H3,(H,37,41)/t31-/m1/s1. The number of methoxy groups -OCH3 is 4. The number of nitrogens with zero attached hydrogens (tertiary/aromatic N) is 2. The number of ether oxygens (including phenoxy) is 4. The van der Waals surface area contributed by atoms with Crippen molar-refractivity contribution >= 4 is 27.5 Å². The van der Waals surface area contributed by atoms with Gasteiger partial charge in [0.15, 0.2) is 11.5 Å². The summed E-state index contributed by atoms with van der Waals surface area (Å²) in [5.74, 6) is 0.0312. The number of rotatable bonds is 15. The average Bonchev–Trinajstić information content (AvgIpc) is 3.12. The number of carbonyl (C=O) groups excluding carboxylic acids is 2. The third kappa shape index (κ3) is 8.18. The van der Waals surface area contributed by atoms with E-state index in [9.17, 15) is 18.0 Å². The second-order valence-corrected chi connectivity index (χ2v) is 12.8. The number of amides is 2. The fourth-order valence-corrected chi connectivity index (χ4v) is 6.65. The van der Waals surface area contributed by atoms with Gasteiger partial charge in [0.1, 0.15) is 24.1 Å². The Kier molecular flexibility index (Phi) is 11.9. The molecule has 0 unspecified atom stereocenters. The number of sulfonamides is 1. The molecule has 0 heterocycles. The van der Waals surface area contributed by atoms with Gasteiger partial charge in [0, 0.05) is 32.1 Å². The SMILES string of the molecule is CNC(=O)[C@@H](Cc1ccccc1)N(Cc1ccc(C)cc1)C(=O)CN(c1cc(OC)ccc1OC)S(=O)(=O)c1ccc(OC)c(OC)c1. The molecule has 48 heavy (non-hydrogen) atoms. The Morgan fingerprint density at radius 2 is 1.40 bits per heavy atom. The molecule has 4 aromatic carbocycles. The summed E-state index contributed by atoms with van der Waals surface area (Å²) in [5.41, 5.74) is 2.69. The summed E-state index contributed by atoms with van der Waals surface area (Å²) in [7, 11) is 2.72. The first-order valence-electron chi connectivity index (χ1n) is 15.1. The molecule has 0 saturated carbocycles. The van der Waals surface area contributed by atoms with E-state index < -0.39 is 34.4 Å². The molecule has 0 aliphatic heterocycles. The Hall–Kier alpha value is -5.23. The number of nitrogens with one attached hydrogen (secondary N) is 1. The number of benzene rings is 4. The summed E-state index contributed by atoms with van der Waals surface area (Å²) in [4.78, 5) is 29.4. The van der Waals surface area contributed by atoms with E-state index in [0.29, 0.717) is 11.5 Å². The van der Waals surface area contributed by atoms with Crippen molar-refractivity contribution in [1.82, 2.24) is 10.2 Å². The van der Waals surface area contributed by atoms with Crippen molar-refractivity contribution in [1.29, 1.82) is 0 Å². The van der Waals surface area contributed by atoms with Crippen LogP contribution in [0, 0.1) is 6.92 Å². The van der Waals surface area contributed by atoms with Gasteiger partial charge >= 0.3 is 0 Å². The Balaban J connectivity index is 1.88. The van der Waals surface area contributed by atoms with Crippen molar-refractivity contribution in [2.75, 3.05) is 46.3 Å². The summed E-state index contributed by atoms with van der Waals surface area (Å²) in [6, 6.07) is 24.8. The number of carbonyl (C=O) groups is 2. The van der Waals surface area contributed by atoms with Crippen LogP contribution in [0.3, 0.4) is 0 Å². The van der Waals surface area contributed by atoms with Crippen molar-refractivity contribution in [2.45, 2.75) is 30.8 Å². The van der Waals surface area contributed by atoms with Gasteiger partial charge in [-0.3, -0.25) is 13.9 Å². The molecule has 1 N–H and O–H groups in total. The lowest BCUT2D eigenvalue weighted by Crippen LogP contribution is -2.53. The van der Waals surface area contributed by atoms with E-state index in [2.05, 4.69) is 5.32 Å². The third-order valence-corrected chi connectivity index (χ3v) is 9.62. The predicted molar refractivity (Wildman–Crippen MR) is 183 cm³/mol. The van der Waals surface area contributed by atoms with Crippen molar-refractivity contribution < 1.29 is 37.0 Å². The molecule has 0 fully saturated rings. The van der Waals surface area contributed by atoms with Crippen LogP contribution in [0.2, 0.25) is 0 Å². The van der Waals surface area contributed by atoms with Gasteiger partial charge in [0.2, 0.25) is 11.8 Å². The molecule has 0 radical (unpaired) electrons. The van der Waals surface area contributed by atoms with Crippen LogP contribution in [0.1, 0.15) is 16.7 Å². The maximum absolute atomic E-state index is 14.6. The van der Waals surface area contributed by atoms with Gasteiger partial charge in [-0.1, -0.05) is 60.2 Å². The first-order valence-corrected chi connectivity index (χ1v) is 16.6. The Morgan fingerprint density at radius 1 is 0.750 bits per heavy atom. The summed E-state index contributed by atoms with van der Waals surface area (Å²) in [5, 5.41) is 2.69. The van der Waals surface area contributed by atoms with Crippen LogP contribution >= 0.6 is 0 Å². The van der Waals surface area contributed by atoms with E-state index in [0.717, 1.165) is 21.0 Å². The van der Waals surface area contributed by atoms with Crippen molar-refractivity contribution in [2.24, 2.45) is 0 Å². The van der Waals surface area contributed by atoms with Crippen LogP contribution in [0.5, 0.6) is 23.0 Å². The Bertz CT molecular complexity index is 1820. The highest BCUT2D eigenvalue weighted by Crippen LogP contribution is 2.38. The van der Waals surface area contributed by atoms with Gasteiger partial charge in [-0.15, -0.1) is 0 Å². The third-order valence-electron chi connectivity index (χ3n) is 7.87. The van der Waals surface area contributed by atoms with Crippen molar-refractivity contribution in [3.8, 4) is 23.0 Å². The fourth-order valence-electron chi connectivity index (χ4n) is 5.22. The van der Waals surface area contributed by atoms with E-state index >= 15 is 0 Å². The minimum atomic E-state index is -4.47. The van der Waals surface area contributed by atoms with Gasteiger partial charge in [-0.05, 0) is 42.3 Å². The lowest BCUT2D eigenvalue weighted by atomic mass is 10.0. The van der Waals surface area contributed by atoms with E-state index in [-0.39, 0.29) is 35.0 Å². The molecule has 12 heteroatoms. The van der Waals surface area contributed by atoms with Gasteiger partial charge < -0.3 is 29.2 Å². The highest BCUT2D eigenvalue weighted by atomic mass is 32.2. The van der Waals surface area contributed by atoms with Crippen molar-refractivity contribution in [3.05, 3.63) is 108 Å². The summed E-state index contributed by atoms with van der Waals surface area (Å²) in [6.45, 7) is 1.33. The maximum Gasteiger partial charge on any atom is 0.265 e. The molecule has 0 saturated heterocycles. The highest BCUT2D eigenvalue weighted by Gasteiger charge is 2.36. The van der Waals surface area contributed by atoms with E-state index in [1.165, 1.54) is 64.7 Å². The van der Waals surface area contributed by atoms with Gasteiger partial charge in [0.25, 0.3) is 10.0 Å². The minimum absolute atomic E-state index is 0.0452. The topological polar surface area (TPSA) is 124 Å². The molecule has 1 atom stereocenters. The average molecular weight is 676 g/mol. The van der Waals surface area contributed by atoms with Crippen LogP contribution in [0.25, 0.3) is 0 Å². The van der Waals surface area contributed by atoms with Crippen LogP contribution in [0.4, 0.5) is 5.69 Å². The van der Waals surface area contributed by atoms with Crippen molar-refractivity contribution in [3.63, 3.8) is 0 Å². The second kappa shape index (κ2) is 16.1. The predicted octanol–water partition coefficient (Wildman–Crippen LogP) is 4.61.